The Labute approximate surface area is 87.4 Å². The summed E-state index contributed by atoms with van der Waals surface area (Å²) in [5, 5.41) is 30.9. The summed E-state index contributed by atoms with van der Waals surface area (Å²) in [6.45, 7) is -0.0979. The van der Waals surface area contributed by atoms with Gasteiger partial charge in [-0.2, -0.15) is 0 Å². The van der Waals surface area contributed by atoms with E-state index in [1.807, 2.05) is 0 Å². The molecule has 0 heterocycles. The molecule has 0 aromatic heterocycles. The summed E-state index contributed by atoms with van der Waals surface area (Å²) >= 11 is 0. The van der Waals surface area contributed by atoms with Gasteiger partial charge in [-0.3, -0.25) is 35.1 Å². The molecule has 0 aromatic rings. The van der Waals surface area contributed by atoms with Crippen LogP contribution in [0, 0.1) is 30.3 Å². The fourth-order valence-electron chi connectivity index (χ4n) is 0.817. The van der Waals surface area contributed by atoms with Crippen molar-refractivity contribution in [2.75, 3.05) is 6.61 Å². The Balaban J connectivity index is 4.86. The summed E-state index contributed by atoms with van der Waals surface area (Å²) < 4.78 is 4.16. The third-order valence-electron chi connectivity index (χ3n) is 1.50. The maximum Gasteiger partial charge on any atom is 0.518 e. The Morgan fingerprint density at radius 3 is 1.81 bits per heavy atom. The lowest BCUT2D eigenvalue weighted by Crippen LogP contribution is -2.47. The lowest BCUT2D eigenvalue weighted by atomic mass is 10.2. The van der Waals surface area contributed by atoms with Crippen LogP contribution in [0.25, 0.3) is 0 Å². The summed E-state index contributed by atoms with van der Waals surface area (Å²) in [7, 11) is 0. The van der Waals surface area contributed by atoms with Crippen LogP contribution in [0.4, 0.5) is 0 Å². The Bertz CT molecular complexity index is 314. The van der Waals surface area contributed by atoms with E-state index in [4.69, 9.17) is 0 Å². The first-order chi connectivity index (χ1) is 7.27. The van der Waals surface area contributed by atoms with E-state index in [9.17, 15) is 35.1 Å². The second kappa shape index (κ2) is 5.53. The molecule has 0 radical (unpaired) electrons. The zero-order chi connectivity index (χ0) is 12.9. The Morgan fingerprint density at radius 2 is 1.56 bits per heavy atom. The predicted octanol–water partition coefficient (Wildman–Crippen LogP) is -0.926. The van der Waals surface area contributed by atoms with Crippen LogP contribution < -0.4 is 0 Å². The van der Waals surface area contributed by atoms with Crippen molar-refractivity contribution in [3.8, 4) is 0 Å². The van der Waals surface area contributed by atoms with Crippen molar-refractivity contribution in [1.29, 1.82) is 0 Å². The second-order valence-electron chi connectivity index (χ2n) is 2.64. The van der Waals surface area contributed by atoms with E-state index in [1.165, 1.54) is 0 Å². The molecule has 0 bridgehead atoms. The first-order valence-electron chi connectivity index (χ1n) is 3.81. The molecule has 0 aromatic carbocycles. The highest BCUT2D eigenvalue weighted by atomic mass is 16.7. The van der Waals surface area contributed by atoms with Gasteiger partial charge in [0, 0.05) is 11.8 Å². The van der Waals surface area contributed by atoms with Crippen LogP contribution in [0.3, 0.4) is 0 Å². The lowest BCUT2D eigenvalue weighted by molar-refractivity contribution is -0.783. The number of esters is 1. The van der Waals surface area contributed by atoms with Gasteiger partial charge in [-0.15, -0.1) is 0 Å². The molecule has 0 aliphatic rings. The number of carbonyl (C=O) groups is 1. The average molecular weight is 237 g/mol. The molecule has 1 atom stereocenters. The van der Waals surface area contributed by atoms with E-state index in [-0.39, 0.29) is 0 Å². The Kier molecular flexibility index (Phi) is 4.72. The van der Waals surface area contributed by atoms with Gasteiger partial charge in [-0.05, 0) is 0 Å². The second-order valence-corrected chi connectivity index (χ2v) is 2.64. The number of nitrogens with zero attached hydrogens (tertiary/aromatic N) is 3. The van der Waals surface area contributed by atoms with E-state index in [0.29, 0.717) is 0 Å². The third kappa shape index (κ3) is 3.81. The minimum Gasteiger partial charge on any atom is -0.458 e. The van der Waals surface area contributed by atoms with E-state index >= 15 is 0 Å². The number of hydrogen-bond acceptors (Lipinski definition) is 8. The highest BCUT2D eigenvalue weighted by Gasteiger charge is 2.52. The van der Waals surface area contributed by atoms with Gasteiger partial charge in [0.2, 0.25) is 0 Å². The monoisotopic (exact) mass is 237 g/mol. The molecule has 1 unspecified atom stereocenters. The van der Waals surface area contributed by atoms with E-state index in [2.05, 4.69) is 4.74 Å². The molecule has 0 amide bonds. The molecule has 0 spiro atoms. The Hall–Kier alpha value is -2.33. The fraction of sp³-hybridized carbons (Fsp3) is 0.800. The van der Waals surface area contributed by atoms with Gasteiger partial charge in [0.15, 0.2) is 6.61 Å². The van der Waals surface area contributed by atoms with Crippen LogP contribution in [0.15, 0.2) is 0 Å². The van der Waals surface area contributed by atoms with Gasteiger partial charge < -0.3 is 4.74 Å². The molecule has 0 rings (SSSR count). The standard InChI is InChI=1S/C5H7N3O8/c1-3(9)16-2-4(6(10)11)5(7(12)13)8(14)15/h4-5H,2H2,1H3. The molecule has 11 nitrogen and oxygen atoms in total. The van der Waals surface area contributed by atoms with Gasteiger partial charge in [0.05, 0.1) is 0 Å². The number of hydrogen-bond donors (Lipinski definition) is 0. The number of rotatable bonds is 6. The maximum absolute atomic E-state index is 10.4. The van der Waals surface area contributed by atoms with Gasteiger partial charge in [-0.1, -0.05) is 0 Å². The largest absolute Gasteiger partial charge is 0.518 e. The van der Waals surface area contributed by atoms with Crippen molar-refractivity contribution >= 4 is 5.97 Å². The van der Waals surface area contributed by atoms with Crippen molar-refractivity contribution in [3.63, 3.8) is 0 Å². The first kappa shape index (κ1) is 13.7. The summed E-state index contributed by atoms with van der Waals surface area (Å²) in [5.74, 6) is -0.919. The number of carbonyl (C=O) groups excluding carboxylic acids is 1. The van der Waals surface area contributed by atoms with Crippen molar-refractivity contribution < 1.29 is 24.3 Å². The molecule has 0 aliphatic heterocycles. The zero-order valence-corrected chi connectivity index (χ0v) is 7.97. The van der Waals surface area contributed by atoms with Gasteiger partial charge in [0.1, 0.15) is 9.85 Å². The molecular formula is C5H7N3O8. The molecule has 16 heavy (non-hydrogen) atoms. The van der Waals surface area contributed by atoms with E-state index in [0.717, 1.165) is 6.92 Å². The van der Waals surface area contributed by atoms with Gasteiger partial charge >= 0.3 is 18.2 Å². The average Bonchev–Trinajstić information content (AvgIpc) is 2.09. The number of ether oxygens (including phenoxy) is 1. The van der Waals surface area contributed by atoms with Crippen LogP contribution in [-0.2, 0) is 9.53 Å². The molecule has 90 valence electrons. The van der Waals surface area contributed by atoms with Crippen molar-refractivity contribution in [2.24, 2.45) is 0 Å². The van der Waals surface area contributed by atoms with Crippen LogP contribution in [0.5, 0.6) is 0 Å². The minimum absolute atomic E-state index is 0.919. The molecule has 11 heteroatoms. The quantitative estimate of drug-likeness (QED) is 0.248. The van der Waals surface area contributed by atoms with Crippen molar-refractivity contribution in [1.82, 2.24) is 0 Å². The number of nitro groups is 3. The smallest absolute Gasteiger partial charge is 0.458 e. The maximum atomic E-state index is 10.4. The molecule has 0 saturated heterocycles. The fourth-order valence-corrected chi connectivity index (χ4v) is 0.817. The van der Waals surface area contributed by atoms with Crippen molar-refractivity contribution in [3.05, 3.63) is 30.3 Å². The highest BCUT2D eigenvalue weighted by Crippen LogP contribution is 2.05. The first-order valence-corrected chi connectivity index (χ1v) is 3.81. The topological polar surface area (TPSA) is 156 Å². The predicted molar refractivity (Wildman–Crippen MR) is 45.2 cm³/mol. The molecule has 0 fully saturated rings. The molecular weight excluding hydrogens is 230 g/mol. The van der Waals surface area contributed by atoms with Crippen LogP contribution in [-0.4, -0.2) is 39.6 Å². The lowest BCUT2D eigenvalue weighted by Gasteiger charge is -2.08. The molecule has 0 N–H and O–H groups in total. The zero-order valence-electron chi connectivity index (χ0n) is 7.97. The van der Waals surface area contributed by atoms with E-state index in [1.54, 1.807) is 0 Å². The molecule has 0 saturated carbocycles. The summed E-state index contributed by atoms with van der Waals surface area (Å²) in [4.78, 5) is 37.2. The van der Waals surface area contributed by atoms with Gasteiger partial charge in [-0.25, -0.2) is 0 Å². The highest BCUT2D eigenvalue weighted by molar-refractivity contribution is 5.65. The Morgan fingerprint density at radius 1 is 1.12 bits per heavy atom. The van der Waals surface area contributed by atoms with Gasteiger partial charge in [0.25, 0.3) is 0 Å². The van der Waals surface area contributed by atoms with Crippen molar-refractivity contribution in [2.45, 2.75) is 19.1 Å². The summed E-state index contributed by atoms with van der Waals surface area (Å²) in [6, 6.07) is -2.21. The summed E-state index contributed by atoms with van der Waals surface area (Å²) in [5.41, 5.74) is 0. The summed E-state index contributed by atoms with van der Waals surface area (Å²) in [6.07, 6.45) is -2.64. The minimum atomic E-state index is -2.64. The van der Waals surface area contributed by atoms with Crippen LogP contribution >= 0.6 is 0 Å². The SMILES string of the molecule is CC(=O)OCC(C([N+](=O)[O-])[N+](=O)[O-])[N+](=O)[O-]. The van der Waals surface area contributed by atoms with E-state index < -0.39 is 39.6 Å². The van der Waals surface area contributed by atoms with Crippen LogP contribution in [0.2, 0.25) is 0 Å². The molecule has 0 aliphatic carbocycles. The van der Waals surface area contributed by atoms with Crippen LogP contribution in [0.1, 0.15) is 6.92 Å². The normalized spacial score (nSPS) is 11.9. The third-order valence-corrected chi connectivity index (χ3v) is 1.50.